The first-order valence-electron chi connectivity index (χ1n) is 11.5. The number of quaternary nitrogens is 1. The van der Waals surface area contributed by atoms with Crippen LogP contribution in [0.15, 0.2) is 23.1 Å². The van der Waals surface area contributed by atoms with Gasteiger partial charge in [-0.05, 0) is 87.6 Å². The molecule has 28 heavy (non-hydrogen) atoms. The van der Waals surface area contributed by atoms with Gasteiger partial charge in [0.05, 0.1) is 18.7 Å². The molecule has 0 aromatic heterocycles. The fraction of sp³-hybridized carbons (Fsp3) is 0.739. The summed E-state index contributed by atoms with van der Waals surface area (Å²) in [7, 11) is 0. The highest BCUT2D eigenvalue weighted by atomic mass is 32.2. The molecule has 2 saturated carbocycles. The van der Waals surface area contributed by atoms with Gasteiger partial charge in [0, 0.05) is 6.07 Å². The van der Waals surface area contributed by atoms with Crippen LogP contribution in [0.5, 0.6) is 5.75 Å². The standard InChI is InChI=1S/C23H37N2OS2/c1-2-3-17-26-21-16-10-15-20-22(21)27-23(28-24)25(20,18-11-6-4-7-12-18)19-13-8-5-9-14-19/h10,15-16,18-19,23H,2-9,11-14,17,24H2,1H3/q+1. The van der Waals surface area contributed by atoms with Gasteiger partial charge < -0.3 is 4.74 Å². The molecule has 1 unspecified atom stereocenters. The average molecular weight is 422 g/mol. The Bertz CT molecular complexity index is 623. The van der Waals surface area contributed by atoms with E-state index in [9.17, 15) is 0 Å². The highest BCUT2D eigenvalue weighted by Gasteiger charge is 2.57. The molecule has 1 heterocycles. The van der Waals surface area contributed by atoms with E-state index in [1.165, 1.54) is 81.2 Å². The zero-order valence-corrected chi connectivity index (χ0v) is 19.0. The number of hydrogen-bond acceptors (Lipinski definition) is 4. The van der Waals surface area contributed by atoms with E-state index in [0.717, 1.165) is 35.3 Å². The highest BCUT2D eigenvalue weighted by molar-refractivity contribution is 8.16. The van der Waals surface area contributed by atoms with Crippen LogP contribution in [0, 0.1) is 0 Å². The summed E-state index contributed by atoms with van der Waals surface area (Å²) in [5.74, 6) is 1.10. The lowest BCUT2D eigenvalue weighted by Gasteiger charge is -2.52. The average Bonchev–Trinajstić information content (AvgIpc) is 3.11. The summed E-state index contributed by atoms with van der Waals surface area (Å²) in [5, 5.41) is 6.41. The van der Waals surface area contributed by atoms with Gasteiger partial charge in [0.25, 0.3) is 0 Å². The Morgan fingerprint density at radius 3 is 2.25 bits per heavy atom. The Hall–Kier alpha value is -0.360. The molecule has 3 aliphatic rings. The normalized spacial score (nSPS) is 25.6. The molecule has 3 nitrogen and oxygen atoms in total. The maximum atomic E-state index is 6.41. The van der Waals surface area contributed by atoms with Crippen molar-refractivity contribution in [3.63, 3.8) is 0 Å². The monoisotopic (exact) mass is 421 g/mol. The molecule has 2 N–H and O–H groups in total. The van der Waals surface area contributed by atoms with Crippen molar-refractivity contribution in [3.8, 4) is 5.75 Å². The van der Waals surface area contributed by atoms with Gasteiger partial charge in [0.2, 0.25) is 4.71 Å². The van der Waals surface area contributed by atoms with E-state index in [-0.39, 0.29) is 0 Å². The fourth-order valence-corrected chi connectivity index (χ4v) is 8.44. The third kappa shape index (κ3) is 3.73. The zero-order valence-electron chi connectivity index (χ0n) is 17.4. The van der Waals surface area contributed by atoms with Crippen LogP contribution in [-0.2, 0) is 0 Å². The van der Waals surface area contributed by atoms with Gasteiger partial charge in [0.1, 0.15) is 10.6 Å². The molecule has 1 aromatic carbocycles. The molecule has 1 atom stereocenters. The van der Waals surface area contributed by atoms with Gasteiger partial charge >= 0.3 is 0 Å². The molecule has 0 spiro atoms. The minimum absolute atomic E-state index is 0.372. The smallest absolute Gasteiger partial charge is 0.206 e. The fourth-order valence-electron chi connectivity index (χ4n) is 5.85. The molecule has 1 aromatic rings. The van der Waals surface area contributed by atoms with Crippen molar-refractivity contribution >= 4 is 29.4 Å². The number of ether oxygens (including phenoxy) is 1. The predicted octanol–water partition coefficient (Wildman–Crippen LogP) is 6.83. The molecule has 5 heteroatoms. The van der Waals surface area contributed by atoms with Crippen LogP contribution in [-0.4, -0.2) is 23.4 Å². The van der Waals surface area contributed by atoms with Gasteiger partial charge in [0.15, 0.2) is 5.69 Å². The third-order valence-electron chi connectivity index (χ3n) is 7.17. The number of unbranched alkanes of at least 4 members (excludes halogenated alkanes) is 1. The number of nitrogens with two attached hydrogens (primary N) is 1. The maximum Gasteiger partial charge on any atom is 0.206 e. The Balaban J connectivity index is 1.77. The molecule has 4 rings (SSSR count). The van der Waals surface area contributed by atoms with E-state index < -0.39 is 0 Å². The van der Waals surface area contributed by atoms with Gasteiger partial charge in [-0.2, -0.15) is 0 Å². The van der Waals surface area contributed by atoms with E-state index in [1.807, 2.05) is 11.8 Å². The molecule has 156 valence electrons. The van der Waals surface area contributed by atoms with Crippen LogP contribution in [0.1, 0.15) is 84.0 Å². The number of rotatable bonds is 7. The number of thioether (sulfide) groups is 1. The van der Waals surface area contributed by atoms with Crippen molar-refractivity contribution in [1.82, 2.24) is 4.48 Å². The largest absolute Gasteiger partial charge is 0.492 e. The van der Waals surface area contributed by atoms with E-state index >= 15 is 0 Å². The number of nitrogens with zero attached hydrogens (tertiary/aromatic N) is 1. The number of hydrogen-bond donors (Lipinski definition) is 1. The summed E-state index contributed by atoms with van der Waals surface area (Å²) >= 11 is 3.60. The van der Waals surface area contributed by atoms with Crippen molar-refractivity contribution in [2.45, 2.75) is 106 Å². The molecule has 1 aliphatic heterocycles. The Morgan fingerprint density at radius 1 is 1.04 bits per heavy atom. The van der Waals surface area contributed by atoms with Crippen molar-refractivity contribution in [2.75, 3.05) is 6.61 Å². The third-order valence-corrected chi connectivity index (χ3v) is 9.57. The molecule has 0 amide bonds. The van der Waals surface area contributed by atoms with E-state index in [1.54, 1.807) is 11.9 Å². The predicted molar refractivity (Wildman–Crippen MR) is 124 cm³/mol. The first kappa shape index (κ1) is 20.9. The molecule has 0 bridgehead atoms. The summed E-state index contributed by atoms with van der Waals surface area (Å²) < 4.78 is 7.77. The second-order valence-corrected chi connectivity index (χ2v) is 10.9. The van der Waals surface area contributed by atoms with Gasteiger partial charge in [-0.1, -0.05) is 32.3 Å². The number of benzene rings is 1. The minimum atomic E-state index is 0.372. The molecular formula is C23H37N2OS2+. The van der Waals surface area contributed by atoms with E-state index in [0.29, 0.717) is 4.71 Å². The van der Waals surface area contributed by atoms with Crippen molar-refractivity contribution in [1.29, 1.82) is 0 Å². The summed E-state index contributed by atoms with van der Waals surface area (Å²) in [6, 6.07) is 8.27. The molecular weight excluding hydrogens is 384 g/mol. The first-order chi connectivity index (χ1) is 13.8. The Labute approximate surface area is 179 Å². The van der Waals surface area contributed by atoms with Crippen LogP contribution < -0.4 is 14.4 Å². The Kier molecular flexibility index (Phi) is 7.19. The van der Waals surface area contributed by atoms with Crippen molar-refractivity contribution in [3.05, 3.63) is 18.2 Å². The quantitative estimate of drug-likeness (QED) is 0.297. The molecule has 0 saturated heterocycles. The van der Waals surface area contributed by atoms with E-state index in [2.05, 4.69) is 25.1 Å². The topological polar surface area (TPSA) is 35.2 Å². The van der Waals surface area contributed by atoms with Crippen LogP contribution in [0.4, 0.5) is 5.69 Å². The van der Waals surface area contributed by atoms with Crippen LogP contribution in [0.25, 0.3) is 0 Å². The minimum Gasteiger partial charge on any atom is -0.492 e. The molecule has 2 aliphatic carbocycles. The lowest BCUT2D eigenvalue weighted by Crippen LogP contribution is -2.66. The maximum absolute atomic E-state index is 6.41. The van der Waals surface area contributed by atoms with Crippen molar-refractivity contribution < 1.29 is 4.74 Å². The number of fused-ring (bicyclic) bond motifs is 1. The molecule has 0 radical (unpaired) electrons. The van der Waals surface area contributed by atoms with Crippen LogP contribution >= 0.6 is 23.7 Å². The highest BCUT2D eigenvalue weighted by Crippen LogP contribution is 2.60. The van der Waals surface area contributed by atoms with Crippen LogP contribution in [0.3, 0.4) is 0 Å². The summed E-state index contributed by atoms with van der Waals surface area (Å²) in [4.78, 5) is 1.39. The second-order valence-electron chi connectivity index (χ2n) is 8.79. The lowest BCUT2D eigenvalue weighted by molar-refractivity contribution is 0.0995. The summed E-state index contributed by atoms with van der Waals surface area (Å²) in [6.45, 7) is 3.05. The zero-order chi connectivity index (χ0) is 19.4. The van der Waals surface area contributed by atoms with Gasteiger partial charge in [-0.15, -0.1) is 0 Å². The lowest BCUT2D eigenvalue weighted by atomic mass is 9.85. The van der Waals surface area contributed by atoms with Gasteiger partial charge in [-0.25, -0.2) is 0 Å². The van der Waals surface area contributed by atoms with Crippen molar-refractivity contribution in [2.24, 2.45) is 5.14 Å². The Morgan fingerprint density at radius 2 is 1.68 bits per heavy atom. The van der Waals surface area contributed by atoms with Gasteiger partial charge in [-0.3, -0.25) is 9.62 Å². The van der Waals surface area contributed by atoms with E-state index in [4.69, 9.17) is 9.88 Å². The second kappa shape index (κ2) is 9.63. The SMILES string of the molecule is CCCCOc1cccc2c1SC(SN)[N+]2(C1CCCCC1)C1CCCCC1. The summed E-state index contributed by atoms with van der Waals surface area (Å²) in [5.41, 5.74) is 1.53. The molecule has 2 fully saturated rings. The van der Waals surface area contributed by atoms with Crippen LogP contribution in [0.2, 0.25) is 0 Å². The summed E-state index contributed by atoms with van der Waals surface area (Å²) in [6.07, 6.45) is 16.0. The first-order valence-corrected chi connectivity index (χ1v) is 13.3.